The number of anilines is 1. The standard InChI is InChI=1S/C28H40N6O3S2/c1-6-33(7-2)22-15-32(16-22)17-23-19(3)38-26-24(30-28(31-25(23)26)34-11-9-8-10-12-34)20-13-21(18-39(5,35)36)27(37-4)29-14-20/h13-14,22H,6-12,15-18H2,1-5H3. The summed E-state index contributed by atoms with van der Waals surface area (Å²) in [5.74, 6) is 0.942. The lowest BCUT2D eigenvalue weighted by Gasteiger charge is -2.45. The Balaban J connectivity index is 1.57. The van der Waals surface area contributed by atoms with Gasteiger partial charge in [-0.3, -0.25) is 9.80 Å². The van der Waals surface area contributed by atoms with Gasteiger partial charge in [0.25, 0.3) is 0 Å². The van der Waals surface area contributed by atoms with Gasteiger partial charge in [-0.25, -0.2) is 23.4 Å². The van der Waals surface area contributed by atoms with Crippen LogP contribution in [0.3, 0.4) is 0 Å². The van der Waals surface area contributed by atoms with Crippen molar-refractivity contribution in [2.24, 2.45) is 0 Å². The third-order valence-corrected chi connectivity index (χ3v) is 9.90. The summed E-state index contributed by atoms with van der Waals surface area (Å²) < 4.78 is 30.7. The van der Waals surface area contributed by atoms with E-state index in [-0.39, 0.29) is 5.75 Å². The van der Waals surface area contributed by atoms with E-state index in [1.807, 2.05) is 6.07 Å². The van der Waals surface area contributed by atoms with Gasteiger partial charge in [0.05, 0.1) is 28.8 Å². The number of likely N-dealkylation sites (tertiary alicyclic amines) is 1. The number of aryl methyl sites for hydroxylation is 1. The SMILES string of the molecule is CCN(CC)C1CN(Cc2c(C)sc3c(-c4cnc(OC)c(CS(C)(=O)=O)c4)nc(N4CCCCC4)nc23)C1. The van der Waals surface area contributed by atoms with E-state index in [4.69, 9.17) is 14.7 Å². The number of piperidine rings is 1. The van der Waals surface area contributed by atoms with Crippen molar-refractivity contribution in [3.63, 3.8) is 0 Å². The highest BCUT2D eigenvalue weighted by molar-refractivity contribution is 7.89. The van der Waals surface area contributed by atoms with Gasteiger partial charge in [0.15, 0.2) is 9.84 Å². The van der Waals surface area contributed by atoms with E-state index in [1.54, 1.807) is 17.5 Å². The number of likely N-dealkylation sites (N-methyl/N-ethyl adjacent to an activating group) is 1. The maximum absolute atomic E-state index is 12.2. The Labute approximate surface area is 236 Å². The first kappa shape index (κ1) is 28.2. The van der Waals surface area contributed by atoms with E-state index in [9.17, 15) is 8.42 Å². The van der Waals surface area contributed by atoms with Crippen LogP contribution < -0.4 is 9.64 Å². The molecule has 9 nitrogen and oxygen atoms in total. The Bertz CT molecular complexity index is 1420. The van der Waals surface area contributed by atoms with Crippen LogP contribution in [0.15, 0.2) is 12.3 Å². The van der Waals surface area contributed by atoms with E-state index in [0.29, 0.717) is 17.5 Å². The number of rotatable bonds is 10. The van der Waals surface area contributed by atoms with Gasteiger partial charge in [0, 0.05) is 72.8 Å². The molecule has 3 aromatic rings. The van der Waals surface area contributed by atoms with Crippen molar-refractivity contribution in [2.45, 2.75) is 58.4 Å². The molecule has 0 amide bonds. The number of methoxy groups -OCH3 is 1. The average Bonchev–Trinajstić information content (AvgIpc) is 3.21. The minimum absolute atomic E-state index is 0.137. The Morgan fingerprint density at radius 2 is 1.85 bits per heavy atom. The van der Waals surface area contributed by atoms with E-state index in [2.05, 4.69) is 40.5 Å². The summed E-state index contributed by atoms with van der Waals surface area (Å²) in [5, 5.41) is 0. The van der Waals surface area contributed by atoms with E-state index in [0.717, 1.165) is 86.1 Å². The molecule has 0 unspecified atom stereocenters. The largest absolute Gasteiger partial charge is 0.481 e. The minimum Gasteiger partial charge on any atom is -0.481 e. The van der Waals surface area contributed by atoms with Crippen LogP contribution in [0.2, 0.25) is 0 Å². The molecule has 39 heavy (non-hydrogen) atoms. The van der Waals surface area contributed by atoms with Crippen LogP contribution in [0.5, 0.6) is 5.88 Å². The number of hydrogen-bond acceptors (Lipinski definition) is 10. The smallest absolute Gasteiger partial charge is 0.226 e. The normalized spacial score (nSPS) is 17.2. The number of hydrogen-bond donors (Lipinski definition) is 0. The number of aromatic nitrogens is 3. The van der Waals surface area contributed by atoms with Crippen LogP contribution >= 0.6 is 11.3 Å². The second-order valence-corrected chi connectivity index (χ2v) is 14.1. The highest BCUT2D eigenvalue weighted by Gasteiger charge is 2.32. The Kier molecular flexibility index (Phi) is 8.42. The molecule has 5 heterocycles. The Morgan fingerprint density at radius 1 is 1.13 bits per heavy atom. The minimum atomic E-state index is -3.27. The summed E-state index contributed by atoms with van der Waals surface area (Å²) in [6.07, 6.45) is 6.47. The van der Waals surface area contributed by atoms with Crippen LogP contribution in [0.25, 0.3) is 21.5 Å². The van der Waals surface area contributed by atoms with Crippen molar-refractivity contribution in [3.8, 4) is 17.1 Å². The van der Waals surface area contributed by atoms with Gasteiger partial charge in [0.1, 0.15) is 0 Å². The van der Waals surface area contributed by atoms with Gasteiger partial charge >= 0.3 is 0 Å². The quantitative estimate of drug-likeness (QED) is 0.356. The fourth-order valence-corrected chi connectivity index (χ4v) is 7.69. The molecule has 212 valence electrons. The molecular formula is C28H40N6O3S2. The molecule has 2 saturated heterocycles. The first-order chi connectivity index (χ1) is 18.7. The second kappa shape index (κ2) is 11.6. The van der Waals surface area contributed by atoms with Crippen LogP contribution in [-0.4, -0.2) is 91.8 Å². The Hall–Kier alpha value is -2.34. The lowest BCUT2D eigenvalue weighted by Crippen LogP contribution is -2.58. The number of sulfone groups is 1. The van der Waals surface area contributed by atoms with Gasteiger partial charge in [-0.15, -0.1) is 11.3 Å². The number of ether oxygens (including phenoxy) is 1. The highest BCUT2D eigenvalue weighted by Crippen LogP contribution is 2.39. The van der Waals surface area contributed by atoms with Gasteiger partial charge in [-0.1, -0.05) is 13.8 Å². The first-order valence-corrected chi connectivity index (χ1v) is 16.8. The molecule has 3 aromatic heterocycles. The summed E-state index contributed by atoms with van der Waals surface area (Å²) in [7, 11) is -1.76. The summed E-state index contributed by atoms with van der Waals surface area (Å²) in [4.78, 5) is 23.3. The Morgan fingerprint density at radius 3 is 2.49 bits per heavy atom. The molecule has 5 rings (SSSR count). The third kappa shape index (κ3) is 6.06. The molecule has 0 aliphatic carbocycles. The number of nitrogens with zero attached hydrogens (tertiary/aromatic N) is 6. The maximum Gasteiger partial charge on any atom is 0.226 e. The van der Waals surface area contributed by atoms with Gasteiger partial charge in [0.2, 0.25) is 11.8 Å². The zero-order valence-corrected chi connectivity index (χ0v) is 25.4. The number of pyridine rings is 1. The van der Waals surface area contributed by atoms with E-state index >= 15 is 0 Å². The molecule has 2 fully saturated rings. The second-order valence-electron chi connectivity index (χ2n) is 10.8. The molecule has 2 aliphatic rings. The molecule has 0 bridgehead atoms. The first-order valence-electron chi connectivity index (χ1n) is 13.9. The van der Waals surface area contributed by atoms with Crippen molar-refractivity contribution in [1.82, 2.24) is 24.8 Å². The third-order valence-electron chi connectivity index (χ3n) is 7.92. The maximum atomic E-state index is 12.2. The van der Waals surface area contributed by atoms with Crippen LogP contribution in [-0.2, 0) is 22.1 Å². The molecule has 0 radical (unpaired) electrons. The van der Waals surface area contributed by atoms with Crippen LogP contribution in [0.4, 0.5) is 5.95 Å². The van der Waals surface area contributed by atoms with Gasteiger partial charge in [-0.05, 0) is 45.3 Å². The van der Waals surface area contributed by atoms with Crippen molar-refractivity contribution >= 4 is 37.3 Å². The zero-order valence-electron chi connectivity index (χ0n) is 23.7. The monoisotopic (exact) mass is 572 g/mol. The lowest BCUT2D eigenvalue weighted by molar-refractivity contribution is 0.0347. The summed E-state index contributed by atoms with van der Waals surface area (Å²) in [5.41, 5.74) is 4.43. The molecule has 11 heteroatoms. The molecule has 0 atom stereocenters. The van der Waals surface area contributed by atoms with E-state index in [1.165, 1.54) is 30.2 Å². The molecule has 0 saturated carbocycles. The molecule has 2 aliphatic heterocycles. The zero-order chi connectivity index (χ0) is 27.7. The molecule has 0 spiro atoms. The van der Waals surface area contributed by atoms with Crippen LogP contribution in [0, 0.1) is 6.92 Å². The summed E-state index contributed by atoms with van der Waals surface area (Å²) in [6, 6.07) is 2.49. The highest BCUT2D eigenvalue weighted by atomic mass is 32.2. The average molecular weight is 573 g/mol. The van der Waals surface area contributed by atoms with E-state index < -0.39 is 9.84 Å². The molecular weight excluding hydrogens is 532 g/mol. The predicted molar refractivity (Wildman–Crippen MR) is 159 cm³/mol. The van der Waals surface area contributed by atoms with Gasteiger partial charge in [-0.2, -0.15) is 0 Å². The van der Waals surface area contributed by atoms with Crippen molar-refractivity contribution in [1.29, 1.82) is 0 Å². The molecule has 0 N–H and O–H groups in total. The summed E-state index contributed by atoms with van der Waals surface area (Å²) in [6.45, 7) is 13.7. The molecule has 0 aromatic carbocycles. The van der Waals surface area contributed by atoms with Crippen LogP contribution in [0.1, 0.15) is 49.1 Å². The van der Waals surface area contributed by atoms with Gasteiger partial charge < -0.3 is 9.64 Å². The van der Waals surface area contributed by atoms with Crippen molar-refractivity contribution in [3.05, 3.63) is 28.3 Å². The van der Waals surface area contributed by atoms with Crippen molar-refractivity contribution < 1.29 is 13.2 Å². The lowest BCUT2D eigenvalue weighted by atomic mass is 10.0. The topological polar surface area (TPSA) is 91.8 Å². The predicted octanol–water partition coefficient (Wildman–Crippen LogP) is 4.13. The fraction of sp³-hybridized carbons (Fsp3) is 0.607. The fourth-order valence-electron chi connectivity index (χ4n) is 5.80. The number of fused-ring (bicyclic) bond motifs is 1. The summed E-state index contributed by atoms with van der Waals surface area (Å²) >= 11 is 1.72. The van der Waals surface area contributed by atoms with Crippen molar-refractivity contribution in [2.75, 3.05) is 57.5 Å². The number of thiophene rings is 1.